The van der Waals surface area contributed by atoms with Crippen molar-refractivity contribution in [2.24, 2.45) is 0 Å². The first kappa shape index (κ1) is 25.1. The fraction of sp³-hybridized carbons (Fsp3) is 0.706. The quantitative estimate of drug-likeness (QED) is 0.151. The Labute approximate surface area is 159 Å². The standard InChI is InChI=1S/C17H29NO8S/c1-2-3-4-5-6-7-8-9-10-15(19)18-11-12-26-16(20)13-14(17(21)22)27(23,24)25/h2,14H,1,3-13H2,(H,18,19)(H,21,22)(H,23,24,25)/t14-/m1/s1. The molecule has 0 spiro atoms. The van der Waals surface area contributed by atoms with Crippen molar-refractivity contribution in [1.82, 2.24) is 5.32 Å². The van der Waals surface area contributed by atoms with Gasteiger partial charge in [-0.1, -0.05) is 31.8 Å². The summed E-state index contributed by atoms with van der Waals surface area (Å²) < 4.78 is 35.1. The van der Waals surface area contributed by atoms with Gasteiger partial charge in [-0.2, -0.15) is 8.42 Å². The number of rotatable bonds is 16. The van der Waals surface area contributed by atoms with Crippen LogP contribution in [0.15, 0.2) is 12.7 Å². The van der Waals surface area contributed by atoms with E-state index < -0.39 is 33.7 Å². The number of carbonyl (C=O) groups is 3. The maximum absolute atomic E-state index is 11.6. The minimum atomic E-state index is -4.90. The van der Waals surface area contributed by atoms with E-state index in [2.05, 4.69) is 16.6 Å². The molecule has 0 aromatic carbocycles. The average molecular weight is 407 g/mol. The van der Waals surface area contributed by atoms with Gasteiger partial charge in [0.25, 0.3) is 10.1 Å². The van der Waals surface area contributed by atoms with Crippen LogP contribution in [-0.4, -0.2) is 54.3 Å². The molecule has 0 aliphatic heterocycles. The second kappa shape index (κ2) is 14.2. The van der Waals surface area contributed by atoms with Crippen molar-refractivity contribution in [3.8, 4) is 0 Å². The van der Waals surface area contributed by atoms with E-state index in [9.17, 15) is 22.8 Å². The highest BCUT2D eigenvalue weighted by Crippen LogP contribution is 2.09. The molecule has 1 amide bonds. The molecule has 0 aliphatic rings. The maximum Gasteiger partial charge on any atom is 0.325 e. The molecule has 0 saturated heterocycles. The van der Waals surface area contributed by atoms with Crippen molar-refractivity contribution in [2.45, 2.75) is 63.0 Å². The van der Waals surface area contributed by atoms with Crippen molar-refractivity contribution in [3.63, 3.8) is 0 Å². The Morgan fingerprint density at radius 3 is 2.22 bits per heavy atom. The largest absolute Gasteiger partial charge is 0.480 e. The van der Waals surface area contributed by atoms with E-state index in [1.54, 1.807) is 0 Å². The Morgan fingerprint density at radius 2 is 1.67 bits per heavy atom. The summed E-state index contributed by atoms with van der Waals surface area (Å²) in [5, 5.41) is 8.95. The molecule has 27 heavy (non-hydrogen) atoms. The van der Waals surface area contributed by atoms with Gasteiger partial charge in [0.1, 0.15) is 6.61 Å². The fourth-order valence-electron chi connectivity index (χ4n) is 2.26. The monoisotopic (exact) mass is 407 g/mol. The second-order valence-corrected chi connectivity index (χ2v) is 7.66. The summed E-state index contributed by atoms with van der Waals surface area (Å²) in [6.07, 6.45) is 8.51. The summed E-state index contributed by atoms with van der Waals surface area (Å²) >= 11 is 0. The Kier molecular flexibility index (Phi) is 13.1. The van der Waals surface area contributed by atoms with Crippen LogP contribution in [0, 0.1) is 0 Å². The molecule has 0 aliphatic carbocycles. The lowest BCUT2D eigenvalue weighted by Crippen LogP contribution is -2.33. The van der Waals surface area contributed by atoms with E-state index in [-0.39, 0.29) is 19.1 Å². The number of carbonyl (C=O) groups excluding carboxylic acids is 2. The molecule has 0 rings (SSSR count). The van der Waals surface area contributed by atoms with Crippen LogP contribution in [0.5, 0.6) is 0 Å². The van der Waals surface area contributed by atoms with Crippen molar-refractivity contribution in [3.05, 3.63) is 12.7 Å². The van der Waals surface area contributed by atoms with Crippen LogP contribution >= 0.6 is 0 Å². The Hall–Kier alpha value is -1.94. The highest BCUT2D eigenvalue weighted by Gasteiger charge is 2.33. The topological polar surface area (TPSA) is 147 Å². The number of hydrogen-bond donors (Lipinski definition) is 3. The lowest BCUT2D eigenvalue weighted by Gasteiger charge is -2.10. The molecule has 10 heteroatoms. The molecule has 0 radical (unpaired) electrons. The van der Waals surface area contributed by atoms with Gasteiger partial charge in [0, 0.05) is 6.42 Å². The van der Waals surface area contributed by atoms with E-state index in [1.165, 1.54) is 0 Å². The molecule has 0 unspecified atom stereocenters. The zero-order valence-corrected chi connectivity index (χ0v) is 16.2. The SMILES string of the molecule is C=CCCCCCCCCC(=O)NCCOC(=O)C[C@H](C(=O)O)S(=O)(=O)O. The normalized spacial score (nSPS) is 12.2. The van der Waals surface area contributed by atoms with E-state index in [0.717, 1.165) is 44.9 Å². The van der Waals surface area contributed by atoms with Crippen LogP contribution in [0.25, 0.3) is 0 Å². The van der Waals surface area contributed by atoms with Gasteiger partial charge >= 0.3 is 11.9 Å². The summed E-state index contributed by atoms with van der Waals surface area (Å²) in [6, 6.07) is 0. The number of carboxylic acid groups (broad SMARTS) is 1. The lowest BCUT2D eigenvalue weighted by molar-refractivity contribution is -0.147. The van der Waals surface area contributed by atoms with Gasteiger partial charge in [-0.05, 0) is 19.3 Å². The molecule has 3 N–H and O–H groups in total. The van der Waals surface area contributed by atoms with Crippen LogP contribution in [0.4, 0.5) is 0 Å². The molecule has 0 saturated carbocycles. The smallest absolute Gasteiger partial charge is 0.325 e. The number of nitrogens with one attached hydrogen (secondary N) is 1. The van der Waals surface area contributed by atoms with Gasteiger partial charge in [0.2, 0.25) is 5.91 Å². The van der Waals surface area contributed by atoms with Crippen molar-refractivity contribution >= 4 is 28.0 Å². The third-order valence-corrected chi connectivity index (χ3v) is 4.82. The first-order valence-corrected chi connectivity index (χ1v) is 10.4. The molecule has 0 bridgehead atoms. The summed E-state index contributed by atoms with van der Waals surface area (Å²) in [5.74, 6) is -3.12. The van der Waals surface area contributed by atoms with Crippen molar-refractivity contribution in [2.75, 3.05) is 13.2 Å². The van der Waals surface area contributed by atoms with E-state index in [4.69, 9.17) is 9.66 Å². The van der Waals surface area contributed by atoms with Gasteiger partial charge in [-0.15, -0.1) is 6.58 Å². The van der Waals surface area contributed by atoms with Gasteiger partial charge in [0.15, 0.2) is 5.25 Å². The third kappa shape index (κ3) is 13.9. The number of esters is 1. The predicted octanol–water partition coefficient (Wildman–Crippen LogP) is 1.68. The minimum Gasteiger partial charge on any atom is -0.480 e. The molecule has 156 valence electrons. The van der Waals surface area contributed by atoms with Gasteiger partial charge in [-0.25, -0.2) is 0 Å². The Bertz CT molecular complexity index is 588. The first-order valence-electron chi connectivity index (χ1n) is 8.90. The van der Waals surface area contributed by atoms with Crippen LogP contribution in [0.3, 0.4) is 0 Å². The lowest BCUT2D eigenvalue weighted by atomic mass is 10.1. The fourth-order valence-corrected chi connectivity index (χ4v) is 2.86. The second-order valence-electron chi connectivity index (χ2n) is 6.07. The van der Waals surface area contributed by atoms with Crippen molar-refractivity contribution < 1.29 is 37.2 Å². The van der Waals surface area contributed by atoms with E-state index >= 15 is 0 Å². The van der Waals surface area contributed by atoms with Gasteiger partial charge in [0.05, 0.1) is 13.0 Å². The molecule has 9 nitrogen and oxygen atoms in total. The predicted molar refractivity (Wildman–Crippen MR) is 98.7 cm³/mol. The highest BCUT2D eigenvalue weighted by molar-refractivity contribution is 7.87. The van der Waals surface area contributed by atoms with Crippen LogP contribution < -0.4 is 5.32 Å². The molecule has 0 aromatic rings. The molecule has 0 fully saturated rings. The van der Waals surface area contributed by atoms with Crippen LogP contribution in [0.1, 0.15) is 57.8 Å². The summed E-state index contributed by atoms with van der Waals surface area (Å²) in [5.41, 5.74) is 0. The number of aliphatic carboxylic acids is 1. The average Bonchev–Trinajstić information content (AvgIpc) is 2.57. The molecule has 0 aromatic heterocycles. The molecular weight excluding hydrogens is 378 g/mol. The molecule has 0 heterocycles. The zero-order chi connectivity index (χ0) is 20.7. The number of carboxylic acids is 1. The van der Waals surface area contributed by atoms with Crippen LogP contribution in [0.2, 0.25) is 0 Å². The molecular formula is C17H29NO8S. The van der Waals surface area contributed by atoms with Gasteiger partial charge in [-0.3, -0.25) is 18.9 Å². The number of amides is 1. The number of ether oxygens (including phenoxy) is 1. The first-order chi connectivity index (χ1) is 12.7. The number of hydrogen-bond acceptors (Lipinski definition) is 6. The number of unbranched alkanes of at least 4 members (excludes halogenated alkanes) is 6. The minimum absolute atomic E-state index is 0.0374. The Balaban J connectivity index is 3.76. The Morgan fingerprint density at radius 1 is 1.07 bits per heavy atom. The van der Waals surface area contributed by atoms with E-state index in [1.807, 2.05) is 6.08 Å². The maximum atomic E-state index is 11.6. The number of allylic oxidation sites excluding steroid dienone is 1. The van der Waals surface area contributed by atoms with Gasteiger partial charge < -0.3 is 15.2 Å². The molecule has 1 atom stereocenters. The van der Waals surface area contributed by atoms with E-state index in [0.29, 0.717) is 6.42 Å². The summed E-state index contributed by atoms with van der Waals surface area (Å²) in [6.45, 7) is 3.49. The highest BCUT2D eigenvalue weighted by atomic mass is 32.2. The van der Waals surface area contributed by atoms with Crippen LogP contribution in [-0.2, 0) is 29.2 Å². The summed E-state index contributed by atoms with van der Waals surface area (Å²) in [7, 11) is -4.90. The third-order valence-electron chi connectivity index (χ3n) is 3.74. The summed E-state index contributed by atoms with van der Waals surface area (Å²) in [4.78, 5) is 33.7. The zero-order valence-electron chi connectivity index (χ0n) is 15.4. The van der Waals surface area contributed by atoms with Crippen molar-refractivity contribution in [1.29, 1.82) is 0 Å².